The highest BCUT2D eigenvalue weighted by molar-refractivity contribution is 5.24. The van der Waals surface area contributed by atoms with E-state index in [-0.39, 0.29) is 6.61 Å². The van der Waals surface area contributed by atoms with Crippen LogP contribution >= 0.6 is 0 Å². The van der Waals surface area contributed by atoms with Crippen LogP contribution in [-0.2, 0) is 12.8 Å². The molecule has 0 spiro atoms. The van der Waals surface area contributed by atoms with Gasteiger partial charge in [-0.15, -0.1) is 0 Å². The first-order valence-electron chi connectivity index (χ1n) is 7.17. The second-order valence-corrected chi connectivity index (χ2v) is 5.73. The summed E-state index contributed by atoms with van der Waals surface area (Å²) in [5.74, 6) is 0. The fourth-order valence-electron chi connectivity index (χ4n) is 3.14. The van der Waals surface area contributed by atoms with Gasteiger partial charge in [0.15, 0.2) is 0 Å². The topological polar surface area (TPSA) is 46.2 Å². The van der Waals surface area contributed by atoms with Gasteiger partial charge < -0.3 is 10.8 Å². The second-order valence-electron chi connectivity index (χ2n) is 5.73. The first kappa shape index (κ1) is 13.6. The summed E-state index contributed by atoms with van der Waals surface area (Å²) in [5, 5.41) is 8.91. The van der Waals surface area contributed by atoms with Gasteiger partial charge in [0.05, 0.1) is 0 Å². The number of aliphatic hydroxyl groups excluding tert-OH is 1. The van der Waals surface area contributed by atoms with E-state index in [0.29, 0.717) is 5.41 Å². The normalized spacial score (nSPS) is 18.8. The molecule has 0 amide bonds. The highest BCUT2D eigenvalue weighted by Crippen LogP contribution is 2.38. The van der Waals surface area contributed by atoms with Gasteiger partial charge in [0, 0.05) is 6.61 Å². The van der Waals surface area contributed by atoms with Gasteiger partial charge in [0.25, 0.3) is 0 Å². The van der Waals surface area contributed by atoms with Crippen LogP contribution in [0.1, 0.15) is 43.2 Å². The highest BCUT2D eigenvalue weighted by Gasteiger charge is 2.30. The lowest BCUT2D eigenvalue weighted by atomic mass is 9.70. The van der Waals surface area contributed by atoms with Crippen LogP contribution < -0.4 is 5.73 Å². The predicted octanol–water partition coefficient (Wildman–Crippen LogP) is 2.67. The van der Waals surface area contributed by atoms with Crippen molar-refractivity contribution in [3.8, 4) is 0 Å². The molecule has 0 aliphatic heterocycles. The molecular weight excluding hydrogens is 222 g/mol. The molecule has 2 rings (SSSR count). The van der Waals surface area contributed by atoms with Gasteiger partial charge in [-0.2, -0.15) is 0 Å². The van der Waals surface area contributed by atoms with E-state index in [1.165, 1.54) is 43.2 Å². The zero-order valence-electron chi connectivity index (χ0n) is 11.2. The number of hydrogen-bond donors (Lipinski definition) is 2. The average Bonchev–Trinajstić information content (AvgIpc) is 2.42. The van der Waals surface area contributed by atoms with Crippen molar-refractivity contribution < 1.29 is 5.11 Å². The molecule has 1 aliphatic rings. The van der Waals surface area contributed by atoms with Crippen molar-refractivity contribution in [3.63, 3.8) is 0 Å². The number of rotatable bonds is 5. The monoisotopic (exact) mass is 247 g/mol. The molecule has 0 bridgehead atoms. The summed E-state index contributed by atoms with van der Waals surface area (Å²) in [5.41, 5.74) is 8.98. The summed E-state index contributed by atoms with van der Waals surface area (Å²) in [7, 11) is 0. The molecule has 1 fully saturated rings. The molecular formula is C16H25NO. The van der Waals surface area contributed by atoms with E-state index < -0.39 is 0 Å². The predicted molar refractivity (Wildman–Crippen MR) is 75.5 cm³/mol. The lowest BCUT2D eigenvalue weighted by molar-refractivity contribution is 0.197. The maximum atomic E-state index is 8.91. The van der Waals surface area contributed by atoms with Gasteiger partial charge in [-0.3, -0.25) is 0 Å². The molecule has 18 heavy (non-hydrogen) atoms. The minimum Gasteiger partial charge on any atom is -0.396 e. The Morgan fingerprint density at radius 1 is 1.00 bits per heavy atom. The van der Waals surface area contributed by atoms with Crippen LogP contribution in [0.5, 0.6) is 0 Å². The molecule has 1 aliphatic carbocycles. The van der Waals surface area contributed by atoms with Gasteiger partial charge in [-0.25, -0.2) is 0 Å². The fraction of sp³-hybridized carbons (Fsp3) is 0.625. The smallest absolute Gasteiger partial charge is 0.0471 e. The van der Waals surface area contributed by atoms with Crippen LogP contribution in [0.2, 0.25) is 0 Å². The van der Waals surface area contributed by atoms with Crippen LogP contribution in [0.15, 0.2) is 24.3 Å². The van der Waals surface area contributed by atoms with Crippen molar-refractivity contribution in [2.45, 2.75) is 44.9 Å². The fourth-order valence-corrected chi connectivity index (χ4v) is 3.14. The third kappa shape index (κ3) is 3.33. The zero-order chi connectivity index (χ0) is 12.8. The first-order chi connectivity index (χ1) is 8.78. The highest BCUT2D eigenvalue weighted by atomic mass is 16.2. The standard InChI is InChI=1S/C16H25NO/c17-13-16(9-2-1-3-10-16)12-15-6-4-14(5-7-15)8-11-18/h4-7,18H,1-3,8-13,17H2. The van der Waals surface area contributed by atoms with Crippen molar-refractivity contribution in [1.29, 1.82) is 0 Å². The minimum absolute atomic E-state index is 0.228. The van der Waals surface area contributed by atoms with E-state index in [2.05, 4.69) is 24.3 Å². The Labute approximate surface area is 110 Å². The average molecular weight is 247 g/mol. The maximum Gasteiger partial charge on any atom is 0.0471 e. The molecule has 0 saturated heterocycles. The summed E-state index contributed by atoms with van der Waals surface area (Å²) in [4.78, 5) is 0. The van der Waals surface area contributed by atoms with Crippen LogP contribution in [0.3, 0.4) is 0 Å². The molecule has 1 aromatic rings. The Morgan fingerprint density at radius 2 is 1.61 bits per heavy atom. The Hall–Kier alpha value is -0.860. The quantitative estimate of drug-likeness (QED) is 0.840. The summed E-state index contributed by atoms with van der Waals surface area (Å²) < 4.78 is 0. The van der Waals surface area contributed by atoms with Crippen molar-refractivity contribution in [3.05, 3.63) is 35.4 Å². The van der Waals surface area contributed by atoms with E-state index in [4.69, 9.17) is 10.8 Å². The second kappa shape index (κ2) is 6.35. The summed E-state index contributed by atoms with van der Waals surface area (Å²) >= 11 is 0. The molecule has 3 N–H and O–H groups in total. The molecule has 0 heterocycles. The van der Waals surface area contributed by atoms with Crippen molar-refractivity contribution in [2.24, 2.45) is 11.1 Å². The largest absolute Gasteiger partial charge is 0.396 e. The van der Waals surface area contributed by atoms with Crippen LogP contribution in [0, 0.1) is 5.41 Å². The molecule has 0 aromatic heterocycles. The third-order valence-electron chi connectivity index (χ3n) is 4.35. The lowest BCUT2D eigenvalue weighted by Crippen LogP contribution is -2.34. The molecule has 0 unspecified atom stereocenters. The van der Waals surface area contributed by atoms with Crippen LogP contribution in [-0.4, -0.2) is 18.3 Å². The van der Waals surface area contributed by atoms with Crippen molar-refractivity contribution >= 4 is 0 Å². The molecule has 0 atom stereocenters. The molecule has 2 heteroatoms. The SMILES string of the molecule is NCC1(Cc2ccc(CCO)cc2)CCCCC1. The summed E-state index contributed by atoms with van der Waals surface area (Å²) in [6, 6.07) is 8.69. The van der Waals surface area contributed by atoms with Gasteiger partial charge >= 0.3 is 0 Å². The maximum absolute atomic E-state index is 8.91. The number of aliphatic hydroxyl groups is 1. The van der Waals surface area contributed by atoms with Crippen molar-refractivity contribution in [2.75, 3.05) is 13.2 Å². The van der Waals surface area contributed by atoms with Gasteiger partial charge in [0.1, 0.15) is 0 Å². The van der Waals surface area contributed by atoms with Crippen LogP contribution in [0.25, 0.3) is 0 Å². The van der Waals surface area contributed by atoms with Crippen LogP contribution in [0.4, 0.5) is 0 Å². The Morgan fingerprint density at radius 3 is 2.17 bits per heavy atom. The van der Waals surface area contributed by atoms with E-state index in [0.717, 1.165) is 19.4 Å². The molecule has 1 saturated carbocycles. The van der Waals surface area contributed by atoms with Gasteiger partial charge in [0.2, 0.25) is 0 Å². The lowest BCUT2D eigenvalue weighted by Gasteiger charge is -2.36. The summed E-state index contributed by atoms with van der Waals surface area (Å²) in [6.07, 6.45) is 8.46. The van der Waals surface area contributed by atoms with Gasteiger partial charge in [-0.1, -0.05) is 43.5 Å². The Balaban J connectivity index is 2.02. The molecule has 100 valence electrons. The van der Waals surface area contributed by atoms with E-state index in [1.54, 1.807) is 0 Å². The number of benzene rings is 1. The number of hydrogen-bond acceptors (Lipinski definition) is 2. The molecule has 2 nitrogen and oxygen atoms in total. The van der Waals surface area contributed by atoms with E-state index in [1.807, 2.05) is 0 Å². The van der Waals surface area contributed by atoms with Crippen molar-refractivity contribution in [1.82, 2.24) is 0 Å². The molecule has 0 radical (unpaired) electrons. The number of nitrogens with two attached hydrogens (primary N) is 1. The zero-order valence-corrected chi connectivity index (χ0v) is 11.2. The van der Waals surface area contributed by atoms with Gasteiger partial charge in [-0.05, 0) is 48.8 Å². The summed E-state index contributed by atoms with van der Waals surface area (Å²) in [6.45, 7) is 1.04. The minimum atomic E-state index is 0.228. The molecule has 1 aromatic carbocycles. The Kier molecular flexibility index (Phi) is 4.79. The first-order valence-corrected chi connectivity index (χ1v) is 7.17. The third-order valence-corrected chi connectivity index (χ3v) is 4.35. The van der Waals surface area contributed by atoms with E-state index >= 15 is 0 Å². The van der Waals surface area contributed by atoms with E-state index in [9.17, 15) is 0 Å². The Bertz CT molecular complexity index is 352.